The molecule has 0 aliphatic heterocycles. The van der Waals surface area contributed by atoms with Crippen molar-refractivity contribution in [2.24, 2.45) is 0 Å². The first kappa shape index (κ1) is 20.5. The van der Waals surface area contributed by atoms with Gasteiger partial charge in [-0.05, 0) is 55.5 Å². The summed E-state index contributed by atoms with van der Waals surface area (Å²) in [6, 6.07) is 18.5. The maximum absolute atomic E-state index is 12.1. The molecule has 0 saturated carbocycles. The number of carbonyl (C=O) groups is 2. The molecule has 6 nitrogen and oxygen atoms in total. The van der Waals surface area contributed by atoms with Crippen molar-refractivity contribution >= 4 is 35.1 Å². The van der Waals surface area contributed by atoms with Gasteiger partial charge >= 0.3 is 6.03 Å². The van der Waals surface area contributed by atoms with Crippen molar-refractivity contribution in [2.45, 2.75) is 24.8 Å². The third-order valence-corrected chi connectivity index (χ3v) is 5.06. The lowest BCUT2D eigenvalue weighted by molar-refractivity contribution is -0.115. The summed E-state index contributed by atoms with van der Waals surface area (Å²) in [5.74, 6) is 1.35. The van der Waals surface area contributed by atoms with E-state index < -0.39 is 0 Å². The minimum absolute atomic E-state index is 0.0403. The van der Waals surface area contributed by atoms with Crippen molar-refractivity contribution < 1.29 is 14.0 Å². The molecule has 0 aliphatic rings. The number of hydrogen-bond donors (Lipinski definition) is 3. The molecular formula is C22H23N3O3S. The van der Waals surface area contributed by atoms with Gasteiger partial charge in [0.2, 0.25) is 5.91 Å². The van der Waals surface area contributed by atoms with Crippen LogP contribution >= 0.6 is 11.8 Å². The van der Waals surface area contributed by atoms with Crippen molar-refractivity contribution in [1.29, 1.82) is 0 Å². The second-order valence-corrected chi connectivity index (χ2v) is 7.59. The van der Waals surface area contributed by atoms with Crippen LogP contribution in [0.1, 0.15) is 17.7 Å². The zero-order chi connectivity index (χ0) is 20.5. The Labute approximate surface area is 174 Å². The summed E-state index contributed by atoms with van der Waals surface area (Å²) in [5, 5.41) is 8.31. The summed E-state index contributed by atoms with van der Waals surface area (Å²) in [6.45, 7) is 2.36. The van der Waals surface area contributed by atoms with E-state index in [1.54, 1.807) is 54.4 Å². The zero-order valence-electron chi connectivity index (χ0n) is 16.1. The zero-order valence-corrected chi connectivity index (χ0v) is 16.9. The van der Waals surface area contributed by atoms with Crippen LogP contribution in [0.2, 0.25) is 0 Å². The predicted octanol–water partition coefficient (Wildman–Crippen LogP) is 5.03. The highest BCUT2D eigenvalue weighted by molar-refractivity contribution is 7.99. The molecular weight excluding hydrogens is 386 g/mol. The number of thioether (sulfide) groups is 1. The molecule has 0 bridgehead atoms. The molecule has 3 N–H and O–H groups in total. The minimum Gasteiger partial charge on any atom is -0.467 e. The van der Waals surface area contributed by atoms with Gasteiger partial charge < -0.3 is 20.4 Å². The highest BCUT2D eigenvalue weighted by Gasteiger charge is 2.05. The van der Waals surface area contributed by atoms with Gasteiger partial charge in [0.1, 0.15) is 5.76 Å². The summed E-state index contributed by atoms with van der Waals surface area (Å²) in [7, 11) is 0. The molecule has 0 aliphatic carbocycles. The molecule has 0 spiro atoms. The van der Waals surface area contributed by atoms with Gasteiger partial charge in [-0.15, -0.1) is 11.8 Å². The number of hydrogen-bond acceptors (Lipinski definition) is 4. The average molecular weight is 410 g/mol. The Morgan fingerprint density at radius 1 is 0.931 bits per heavy atom. The van der Waals surface area contributed by atoms with Crippen molar-refractivity contribution in [2.75, 3.05) is 16.4 Å². The van der Waals surface area contributed by atoms with Crippen LogP contribution in [-0.2, 0) is 11.3 Å². The van der Waals surface area contributed by atoms with E-state index in [-0.39, 0.29) is 11.9 Å². The molecule has 0 unspecified atom stereocenters. The number of urea groups is 1. The predicted molar refractivity (Wildman–Crippen MR) is 116 cm³/mol. The van der Waals surface area contributed by atoms with E-state index in [2.05, 4.69) is 47.1 Å². The van der Waals surface area contributed by atoms with Crippen LogP contribution in [0.4, 0.5) is 16.2 Å². The molecule has 2 aromatic carbocycles. The van der Waals surface area contributed by atoms with Gasteiger partial charge in [-0.2, -0.15) is 0 Å². The number of nitrogens with one attached hydrogen (secondary N) is 3. The van der Waals surface area contributed by atoms with Gasteiger partial charge in [0, 0.05) is 28.4 Å². The van der Waals surface area contributed by atoms with E-state index >= 15 is 0 Å². The lowest BCUT2D eigenvalue weighted by atomic mass is 10.2. The maximum Gasteiger partial charge on any atom is 0.319 e. The summed E-state index contributed by atoms with van der Waals surface area (Å²) in [5.41, 5.74) is 2.55. The minimum atomic E-state index is -0.327. The Kier molecular flexibility index (Phi) is 7.35. The van der Waals surface area contributed by atoms with Gasteiger partial charge in [0.25, 0.3) is 0 Å². The Bertz CT molecular complexity index is 923. The Morgan fingerprint density at radius 3 is 2.28 bits per heavy atom. The Balaban J connectivity index is 1.38. The van der Waals surface area contributed by atoms with Crippen molar-refractivity contribution in [3.63, 3.8) is 0 Å². The van der Waals surface area contributed by atoms with Crippen molar-refractivity contribution in [3.05, 3.63) is 78.3 Å². The van der Waals surface area contributed by atoms with Crippen LogP contribution in [-0.4, -0.2) is 17.7 Å². The Morgan fingerprint density at radius 2 is 1.62 bits per heavy atom. The van der Waals surface area contributed by atoms with Crippen LogP contribution in [0.15, 0.2) is 76.2 Å². The first-order chi connectivity index (χ1) is 14.1. The van der Waals surface area contributed by atoms with Gasteiger partial charge in [0.05, 0.1) is 12.8 Å². The van der Waals surface area contributed by atoms with Gasteiger partial charge in [-0.1, -0.05) is 17.7 Å². The fourth-order valence-electron chi connectivity index (χ4n) is 2.51. The molecule has 0 saturated heterocycles. The third-order valence-electron chi connectivity index (χ3n) is 4.05. The van der Waals surface area contributed by atoms with Crippen molar-refractivity contribution in [1.82, 2.24) is 5.32 Å². The van der Waals surface area contributed by atoms with Crippen LogP contribution in [0.5, 0.6) is 0 Å². The number of aryl methyl sites for hydroxylation is 1. The van der Waals surface area contributed by atoms with Crippen LogP contribution < -0.4 is 16.0 Å². The van der Waals surface area contributed by atoms with E-state index in [4.69, 9.17) is 4.42 Å². The quantitative estimate of drug-likeness (QED) is 0.456. The smallest absolute Gasteiger partial charge is 0.319 e. The largest absolute Gasteiger partial charge is 0.467 e. The van der Waals surface area contributed by atoms with E-state index in [0.29, 0.717) is 35.9 Å². The summed E-state index contributed by atoms with van der Waals surface area (Å²) >= 11 is 1.66. The third kappa shape index (κ3) is 7.04. The molecule has 0 radical (unpaired) electrons. The molecule has 29 heavy (non-hydrogen) atoms. The van der Waals surface area contributed by atoms with Crippen LogP contribution in [0, 0.1) is 6.92 Å². The second kappa shape index (κ2) is 10.4. The number of furan rings is 1. The lowest BCUT2D eigenvalue weighted by Gasteiger charge is -2.09. The molecule has 0 fully saturated rings. The summed E-state index contributed by atoms with van der Waals surface area (Å²) in [6.07, 6.45) is 1.98. The van der Waals surface area contributed by atoms with Gasteiger partial charge in [-0.3, -0.25) is 4.79 Å². The molecule has 150 valence electrons. The first-order valence-electron chi connectivity index (χ1n) is 9.25. The van der Waals surface area contributed by atoms with E-state index in [1.165, 1.54) is 5.56 Å². The standard InChI is InChI=1S/C22H23N3O3S/c1-16-4-10-20(11-5-16)29-14-12-21(26)24-17-6-8-18(9-7-17)25-22(27)23-15-19-3-2-13-28-19/h2-11,13H,12,14-15H2,1H3,(H,24,26)(H2,23,25,27). The van der Waals surface area contributed by atoms with Crippen LogP contribution in [0.25, 0.3) is 0 Å². The maximum atomic E-state index is 12.1. The summed E-state index contributed by atoms with van der Waals surface area (Å²) in [4.78, 5) is 25.1. The monoisotopic (exact) mass is 409 g/mol. The number of amides is 3. The number of carbonyl (C=O) groups excluding carboxylic acids is 2. The molecule has 3 rings (SSSR count). The van der Waals surface area contributed by atoms with E-state index in [9.17, 15) is 9.59 Å². The lowest BCUT2D eigenvalue weighted by Crippen LogP contribution is -2.27. The Hall–Kier alpha value is -3.19. The highest BCUT2D eigenvalue weighted by atomic mass is 32.2. The fraction of sp³-hybridized carbons (Fsp3) is 0.182. The van der Waals surface area contributed by atoms with Crippen LogP contribution in [0.3, 0.4) is 0 Å². The molecule has 0 atom stereocenters. The van der Waals surface area contributed by atoms with E-state index in [0.717, 1.165) is 4.90 Å². The highest BCUT2D eigenvalue weighted by Crippen LogP contribution is 2.19. The normalized spacial score (nSPS) is 10.4. The van der Waals surface area contributed by atoms with Crippen molar-refractivity contribution in [3.8, 4) is 0 Å². The molecule has 1 aromatic heterocycles. The molecule has 1 heterocycles. The van der Waals surface area contributed by atoms with E-state index in [1.807, 2.05) is 0 Å². The molecule has 3 amide bonds. The SMILES string of the molecule is Cc1ccc(SCCC(=O)Nc2ccc(NC(=O)NCc3ccco3)cc2)cc1. The second-order valence-electron chi connectivity index (χ2n) is 6.42. The van der Waals surface area contributed by atoms with Gasteiger partial charge in [-0.25, -0.2) is 4.79 Å². The topological polar surface area (TPSA) is 83.4 Å². The molecule has 3 aromatic rings. The fourth-order valence-corrected chi connectivity index (χ4v) is 3.36. The molecule has 7 heteroatoms. The van der Waals surface area contributed by atoms with Gasteiger partial charge in [0.15, 0.2) is 0 Å². The average Bonchev–Trinajstić information content (AvgIpc) is 3.23. The first-order valence-corrected chi connectivity index (χ1v) is 10.2. The number of benzene rings is 2. The number of rotatable bonds is 8. The number of anilines is 2. The summed E-state index contributed by atoms with van der Waals surface area (Å²) < 4.78 is 5.16.